The van der Waals surface area contributed by atoms with E-state index in [1.54, 1.807) is 6.20 Å². The van der Waals surface area contributed by atoms with E-state index in [-0.39, 0.29) is 5.56 Å². The van der Waals surface area contributed by atoms with Crippen molar-refractivity contribution in [2.45, 2.75) is 0 Å². The van der Waals surface area contributed by atoms with Gasteiger partial charge in [-0.25, -0.2) is 0 Å². The van der Waals surface area contributed by atoms with Crippen LogP contribution in [0.2, 0.25) is 0 Å². The molecule has 2 N–H and O–H groups in total. The van der Waals surface area contributed by atoms with Gasteiger partial charge in [0.05, 0.1) is 5.52 Å². The van der Waals surface area contributed by atoms with E-state index >= 15 is 0 Å². The molecule has 0 aliphatic carbocycles. The van der Waals surface area contributed by atoms with Crippen molar-refractivity contribution < 1.29 is 0 Å². The van der Waals surface area contributed by atoms with Crippen molar-refractivity contribution >= 4 is 37.7 Å². The number of halogens is 1. The lowest BCUT2D eigenvalue weighted by atomic mass is 10.2. The minimum Gasteiger partial charge on any atom is -0.349 e. The summed E-state index contributed by atoms with van der Waals surface area (Å²) in [5.41, 5.74) is 1.50. The summed E-state index contributed by atoms with van der Waals surface area (Å²) in [7, 11) is 0. The van der Waals surface area contributed by atoms with Crippen molar-refractivity contribution in [1.82, 2.24) is 9.97 Å². The number of rotatable bonds is 0. The largest absolute Gasteiger partial charge is 0.349 e. The fourth-order valence-corrected chi connectivity index (χ4v) is 2.29. The highest BCUT2D eigenvalue weighted by Crippen LogP contribution is 2.28. The summed E-state index contributed by atoms with van der Waals surface area (Å²) < 4.78 is 0.968. The van der Waals surface area contributed by atoms with Crippen molar-refractivity contribution in [2.75, 3.05) is 0 Å². The van der Waals surface area contributed by atoms with Crippen LogP contribution >= 0.6 is 15.9 Å². The van der Waals surface area contributed by atoms with Crippen molar-refractivity contribution in [3.8, 4) is 0 Å². The summed E-state index contributed by atoms with van der Waals surface area (Å²) >= 11 is 3.46. The Morgan fingerprint density at radius 1 is 1.07 bits per heavy atom. The monoisotopic (exact) mass is 262 g/mol. The van der Waals surface area contributed by atoms with Crippen LogP contribution in [0.15, 0.2) is 39.7 Å². The molecule has 0 aliphatic rings. The molecule has 15 heavy (non-hydrogen) atoms. The van der Waals surface area contributed by atoms with Crippen LogP contribution in [0.25, 0.3) is 21.8 Å². The molecular formula is C11H7BrN2O. The maximum Gasteiger partial charge on any atom is 0.272 e. The van der Waals surface area contributed by atoms with E-state index in [2.05, 4.69) is 25.9 Å². The number of pyridine rings is 1. The van der Waals surface area contributed by atoms with Gasteiger partial charge in [0, 0.05) is 21.4 Å². The quantitative estimate of drug-likeness (QED) is 0.643. The Kier molecular flexibility index (Phi) is 1.73. The number of para-hydroxylation sites is 1. The highest BCUT2D eigenvalue weighted by Gasteiger charge is 2.07. The maximum atomic E-state index is 11.6. The van der Waals surface area contributed by atoms with Gasteiger partial charge in [-0.05, 0) is 28.1 Å². The summed E-state index contributed by atoms with van der Waals surface area (Å²) in [4.78, 5) is 17.3. The molecule has 0 atom stereocenters. The van der Waals surface area contributed by atoms with Gasteiger partial charge in [0.1, 0.15) is 5.52 Å². The Morgan fingerprint density at radius 2 is 1.87 bits per heavy atom. The number of fused-ring (bicyclic) bond motifs is 3. The van der Waals surface area contributed by atoms with Crippen LogP contribution in [-0.4, -0.2) is 9.97 Å². The summed E-state index contributed by atoms with van der Waals surface area (Å²) in [5, 5.41) is 2.01. The van der Waals surface area contributed by atoms with E-state index in [1.165, 1.54) is 0 Å². The first-order chi connectivity index (χ1) is 7.27. The molecule has 4 heteroatoms. The zero-order valence-corrected chi connectivity index (χ0v) is 9.26. The van der Waals surface area contributed by atoms with Crippen molar-refractivity contribution in [1.29, 1.82) is 0 Å². The van der Waals surface area contributed by atoms with E-state index in [0.29, 0.717) is 5.52 Å². The van der Waals surface area contributed by atoms with Crippen LogP contribution in [0, 0.1) is 0 Å². The lowest BCUT2D eigenvalue weighted by Gasteiger charge is -1.91. The Labute approximate surface area is 93.3 Å². The molecule has 0 aliphatic heterocycles. The van der Waals surface area contributed by atoms with E-state index < -0.39 is 0 Å². The lowest BCUT2D eigenvalue weighted by Crippen LogP contribution is -2.03. The zero-order valence-electron chi connectivity index (χ0n) is 7.67. The molecule has 74 valence electrons. The number of nitrogens with one attached hydrogen (secondary N) is 2. The smallest absolute Gasteiger partial charge is 0.272 e. The molecule has 3 nitrogen and oxygen atoms in total. The normalized spacial score (nSPS) is 11.3. The number of hydrogen-bond acceptors (Lipinski definition) is 1. The number of hydrogen-bond donors (Lipinski definition) is 2. The molecular weight excluding hydrogens is 256 g/mol. The van der Waals surface area contributed by atoms with Crippen LogP contribution in [0.4, 0.5) is 0 Å². The van der Waals surface area contributed by atoms with Crippen LogP contribution in [-0.2, 0) is 0 Å². The SMILES string of the molecule is O=c1[nH]ccc2c1[nH]c1c(Br)cccc12. The Morgan fingerprint density at radius 3 is 2.73 bits per heavy atom. The molecule has 0 spiro atoms. The first kappa shape index (κ1) is 8.73. The maximum absolute atomic E-state index is 11.6. The third-order valence-corrected chi connectivity index (χ3v) is 3.18. The number of aromatic amines is 2. The van der Waals surface area contributed by atoms with Crippen molar-refractivity contribution in [2.24, 2.45) is 0 Å². The highest BCUT2D eigenvalue weighted by molar-refractivity contribution is 9.10. The second-order valence-electron chi connectivity index (χ2n) is 3.38. The van der Waals surface area contributed by atoms with Gasteiger partial charge in [-0.2, -0.15) is 0 Å². The minimum atomic E-state index is -0.0874. The molecule has 0 amide bonds. The molecule has 0 unspecified atom stereocenters. The molecule has 0 radical (unpaired) electrons. The van der Waals surface area contributed by atoms with Gasteiger partial charge >= 0.3 is 0 Å². The molecule has 2 heterocycles. The first-order valence-electron chi connectivity index (χ1n) is 4.55. The predicted molar refractivity (Wildman–Crippen MR) is 64.1 cm³/mol. The van der Waals surface area contributed by atoms with Gasteiger partial charge in [0.2, 0.25) is 0 Å². The standard InChI is InChI=1S/C11H7BrN2O/c12-8-3-1-2-6-7-4-5-13-11(15)10(7)14-9(6)8/h1-5,14H,(H,13,15). The fourth-order valence-electron chi connectivity index (χ4n) is 1.83. The van der Waals surface area contributed by atoms with E-state index in [1.807, 2.05) is 24.3 Å². The number of benzene rings is 1. The summed E-state index contributed by atoms with van der Waals surface area (Å²) in [6.07, 6.45) is 1.67. The highest BCUT2D eigenvalue weighted by atomic mass is 79.9. The second-order valence-corrected chi connectivity index (χ2v) is 4.24. The Bertz CT molecular complexity index is 711. The topological polar surface area (TPSA) is 48.6 Å². The molecule has 1 aromatic carbocycles. The van der Waals surface area contributed by atoms with Gasteiger partial charge in [0.15, 0.2) is 0 Å². The second kappa shape index (κ2) is 2.97. The fraction of sp³-hybridized carbons (Fsp3) is 0. The number of H-pyrrole nitrogens is 2. The average molecular weight is 263 g/mol. The predicted octanol–water partition coefficient (Wildman–Crippen LogP) is 2.77. The average Bonchev–Trinajstić information content (AvgIpc) is 2.60. The summed E-state index contributed by atoms with van der Waals surface area (Å²) in [5.74, 6) is 0. The number of aromatic nitrogens is 2. The van der Waals surface area contributed by atoms with Gasteiger partial charge < -0.3 is 9.97 Å². The first-order valence-corrected chi connectivity index (χ1v) is 5.34. The van der Waals surface area contributed by atoms with Crippen LogP contribution in [0.1, 0.15) is 0 Å². The molecule has 2 aromatic heterocycles. The van der Waals surface area contributed by atoms with Gasteiger partial charge in [0.25, 0.3) is 5.56 Å². The van der Waals surface area contributed by atoms with Crippen molar-refractivity contribution in [3.05, 3.63) is 45.3 Å². The third kappa shape index (κ3) is 1.15. The Balaban J connectivity index is 2.69. The van der Waals surface area contributed by atoms with Crippen molar-refractivity contribution in [3.63, 3.8) is 0 Å². The van der Waals surface area contributed by atoms with E-state index in [9.17, 15) is 4.79 Å². The lowest BCUT2D eigenvalue weighted by molar-refractivity contribution is 1.26. The van der Waals surface area contributed by atoms with Gasteiger partial charge in [-0.3, -0.25) is 4.79 Å². The van der Waals surface area contributed by atoms with Crippen LogP contribution < -0.4 is 5.56 Å². The van der Waals surface area contributed by atoms with E-state index in [4.69, 9.17) is 0 Å². The summed E-state index contributed by atoms with van der Waals surface area (Å²) in [6, 6.07) is 7.81. The molecule has 0 fully saturated rings. The minimum absolute atomic E-state index is 0.0874. The third-order valence-electron chi connectivity index (χ3n) is 2.51. The molecule has 0 saturated carbocycles. The van der Waals surface area contributed by atoms with Crippen LogP contribution in [0.5, 0.6) is 0 Å². The molecule has 0 bridgehead atoms. The van der Waals surface area contributed by atoms with E-state index in [0.717, 1.165) is 20.8 Å². The summed E-state index contributed by atoms with van der Waals surface area (Å²) in [6.45, 7) is 0. The van der Waals surface area contributed by atoms with Crippen LogP contribution in [0.3, 0.4) is 0 Å². The molecule has 0 saturated heterocycles. The molecule has 3 aromatic rings. The zero-order chi connectivity index (χ0) is 10.4. The van der Waals surface area contributed by atoms with Gasteiger partial charge in [-0.1, -0.05) is 12.1 Å². The molecule has 3 rings (SSSR count). The van der Waals surface area contributed by atoms with Gasteiger partial charge in [-0.15, -0.1) is 0 Å². The Hall–Kier alpha value is -1.55.